The van der Waals surface area contributed by atoms with E-state index >= 15 is 0 Å². The van der Waals surface area contributed by atoms with Crippen LogP contribution in [0.5, 0.6) is 5.75 Å². The van der Waals surface area contributed by atoms with Gasteiger partial charge in [0.25, 0.3) is 5.91 Å². The molecule has 8 nitrogen and oxygen atoms in total. The van der Waals surface area contributed by atoms with Gasteiger partial charge in [0.2, 0.25) is 4.90 Å². The molecule has 3 N–H and O–H groups in total. The zero-order valence-electron chi connectivity index (χ0n) is 19.0. The summed E-state index contributed by atoms with van der Waals surface area (Å²) in [5.74, 6) is 0.638. The van der Waals surface area contributed by atoms with E-state index in [1.807, 2.05) is 42.5 Å². The van der Waals surface area contributed by atoms with Crippen molar-refractivity contribution in [2.45, 2.75) is 10.9 Å². The Balaban J connectivity index is 1.23. The zero-order chi connectivity index (χ0) is 24.4. The topological polar surface area (TPSA) is 104 Å². The normalized spacial score (nSPS) is 15.2. The van der Waals surface area contributed by atoms with Crippen molar-refractivity contribution >= 4 is 38.6 Å². The van der Waals surface area contributed by atoms with Crippen LogP contribution in [0.2, 0.25) is 0 Å². The summed E-state index contributed by atoms with van der Waals surface area (Å²) in [5, 5.41) is 4.26. The molecule has 3 aromatic carbocycles. The van der Waals surface area contributed by atoms with Crippen LogP contribution in [0.1, 0.15) is 10.4 Å². The molecule has 1 aliphatic rings. The molecule has 0 bridgehead atoms. The smallest absolute Gasteiger partial charge is 0.346 e. The van der Waals surface area contributed by atoms with Gasteiger partial charge in [0, 0.05) is 30.2 Å². The molecule has 5 rings (SSSR count). The van der Waals surface area contributed by atoms with Crippen molar-refractivity contribution in [2.24, 2.45) is 0 Å². The maximum atomic E-state index is 13.1. The second-order valence-electron chi connectivity index (χ2n) is 8.28. The monoisotopic (exact) mass is 489 g/mol. The summed E-state index contributed by atoms with van der Waals surface area (Å²) >= 11 is 0. The molecule has 0 aliphatic carbocycles. The lowest BCUT2D eigenvalue weighted by Crippen LogP contribution is -2.57. The van der Waals surface area contributed by atoms with Crippen LogP contribution in [0.25, 0.3) is 10.9 Å². The highest BCUT2D eigenvalue weighted by atomic mass is 32.3. The fraction of sp³-hybridized carbons (Fsp3) is 0.154. The Morgan fingerprint density at radius 2 is 1.71 bits per heavy atom. The number of hydrogen-bond donors (Lipinski definition) is 3. The molecule has 1 saturated heterocycles. The van der Waals surface area contributed by atoms with Gasteiger partial charge in [-0.15, -0.1) is 0 Å². The zero-order valence-corrected chi connectivity index (χ0v) is 19.9. The minimum absolute atomic E-state index is 0.120. The number of likely N-dealkylation sites (tertiary alicyclic amines) is 1. The van der Waals surface area contributed by atoms with Gasteiger partial charge >= 0.3 is 10.4 Å². The Labute approximate surface area is 204 Å². The molecule has 1 aliphatic heterocycles. The minimum atomic E-state index is -3.60. The Bertz CT molecular complexity index is 1420. The SMILES string of the molecule is COc1ccccc1NC1CN(C(=O)c2ccc([S+](=O)(O)Nc3cccc4cccnc34)cc2)C1. The number of anilines is 2. The Morgan fingerprint density at radius 1 is 1.00 bits per heavy atom. The van der Waals surface area contributed by atoms with Crippen molar-refractivity contribution in [1.29, 1.82) is 0 Å². The van der Waals surface area contributed by atoms with E-state index in [0.29, 0.717) is 29.9 Å². The minimum Gasteiger partial charge on any atom is -0.495 e. The van der Waals surface area contributed by atoms with Crippen molar-refractivity contribution in [3.05, 3.63) is 90.6 Å². The first-order chi connectivity index (χ1) is 16.9. The van der Waals surface area contributed by atoms with Crippen LogP contribution < -0.4 is 14.8 Å². The van der Waals surface area contributed by atoms with Crippen molar-refractivity contribution < 1.29 is 18.3 Å². The fourth-order valence-electron chi connectivity index (χ4n) is 4.08. The number of pyridine rings is 1. The Morgan fingerprint density at radius 3 is 2.49 bits per heavy atom. The Kier molecular flexibility index (Phi) is 6.10. The second-order valence-corrected chi connectivity index (χ2v) is 10.0. The van der Waals surface area contributed by atoms with Crippen LogP contribution in [0, 0.1) is 0 Å². The molecule has 35 heavy (non-hydrogen) atoms. The summed E-state index contributed by atoms with van der Waals surface area (Å²) in [7, 11) is -1.97. The van der Waals surface area contributed by atoms with E-state index in [1.165, 1.54) is 12.1 Å². The van der Waals surface area contributed by atoms with Gasteiger partial charge in [0.15, 0.2) is 0 Å². The summed E-state index contributed by atoms with van der Waals surface area (Å²) < 4.78 is 31.8. The molecule has 4 aromatic rings. The largest absolute Gasteiger partial charge is 0.495 e. The second kappa shape index (κ2) is 9.36. The van der Waals surface area contributed by atoms with Gasteiger partial charge in [-0.1, -0.05) is 30.3 Å². The molecule has 2 heterocycles. The van der Waals surface area contributed by atoms with E-state index in [2.05, 4.69) is 15.0 Å². The number of benzene rings is 3. The number of para-hydroxylation sites is 3. The maximum Gasteiger partial charge on any atom is 0.346 e. The highest BCUT2D eigenvalue weighted by Crippen LogP contribution is 2.28. The fourth-order valence-corrected chi connectivity index (χ4v) is 5.16. The van der Waals surface area contributed by atoms with E-state index in [9.17, 15) is 13.6 Å². The summed E-state index contributed by atoms with van der Waals surface area (Å²) in [6.45, 7) is 1.12. The summed E-state index contributed by atoms with van der Waals surface area (Å²) in [4.78, 5) is 19.1. The van der Waals surface area contributed by atoms with E-state index in [1.54, 1.807) is 42.5 Å². The molecule has 0 radical (unpaired) electrons. The third kappa shape index (κ3) is 4.68. The number of nitrogens with one attached hydrogen (secondary N) is 2. The average Bonchev–Trinajstić information content (AvgIpc) is 2.86. The van der Waals surface area contributed by atoms with E-state index < -0.39 is 10.4 Å². The number of amides is 1. The molecule has 1 fully saturated rings. The summed E-state index contributed by atoms with van der Waals surface area (Å²) in [6, 6.07) is 23.1. The number of methoxy groups -OCH3 is 1. The molecular weight excluding hydrogens is 464 g/mol. The third-order valence-electron chi connectivity index (χ3n) is 5.94. The van der Waals surface area contributed by atoms with Crippen molar-refractivity contribution in [2.75, 3.05) is 30.2 Å². The first-order valence-electron chi connectivity index (χ1n) is 11.1. The number of hydrogen-bond acceptors (Lipinski definition) is 5. The van der Waals surface area contributed by atoms with Crippen LogP contribution in [-0.2, 0) is 14.6 Å². The van der Waals surface area contributed by atoms with Crippen LogP contribution >= 0.6 is 0 Å². The number of carbonyl (C=O) groups excluding carboxylic acids is 1. The van der Waals surface area contributed by atoms with E-state index in [4.69, 9.17) is 4.74 Å². The lowest BCUT2D eigenvalue weighted by atomic mass is 10.1. The maximum absolute atomic E-state index is 13.1. The van der Waals surface area contributed by atoms with Crippen LogP contribution in [0.3, 0.4) is 0 Å². The van der Waals surface area contributed by atoms with Crippen LogP contribution in [0.4, 0.5) is 11.4 Å². The number of ether oxygens (including phenoxy) is 1. The highest BCUT2D eigenvalue weighted by Gasteiger charge is 2.33. The molecule has 1 atom stereocenters. The summed E-state index contributed by atoms with van der Waals surface area (Å²) in [5.41, 5.74) is 2.43. The quantitative estimate of drug-likeness (QED) is 0.329. The molecule has 178 valence electrons. The number of aromatic nitrogens is 1. The molecular formula is C26H25N4O4S+. The van der Waals surface area contributed by atoms with Crippen LogP contribution in [0.15, 0.2) is 90.0 Å². The molecule has 0 spiro atoms. The lowest BCUT2D eigenvalue weighted by Gasteiger charge is -2.40. The van der Waals surface area contributed by atoms with Gasteiger partial charge in [0.05, 0.1) is 24.4 Å². The number of nitrogens with zero attached hydrogens (tertiary/aromatic N) is 2. The number of fused-ring (bicyclic) bond motifs is 1. The first-order valence-corrected chi connectivity index (χ1v) is 12.6. The van der Waals surface area contributed by atoms with Gasteiger partial charge < -0.3 is 15.0 Å². The third-order valence-corrected chi connectivity index (χ3v) is 7.34. The molecule has 1 aromatic heterocycles. The molecule has 1 unspecified atom stereocenters. The van der Waals surface area contributed by atoms with E-state index in [0.717, 1.165) is 16.8 Å². The average molecular weight is 490 g/mol. The van der Waals surface area contributed by atoms with Gasteiger partial charge in [-0.2, -0.15) is 9.27 Å². The van der Waals surface area contributed by atoms with Crippen molar-refractivity contribution in [3.63, 3.8) is 0 Å². The standard InChI is InChI=1S/C26H24N4O4S/c1-34-24-10-3-2-8-22(24)28-20-16-30(17-20)26(31)19-11-13-21(14-12-19)35(32,33)29-23-9-4-6-18-7-5-15-27-25(18)23/h2-15,20,28H,16-17H2,1H3,(H-,29,32,33)/p+1. The van der Waals surface area contributed by atoms with Gasteiger partial charge in [-0.3, -0.25) is 9.78 Å². The lowest BCUT2D eigenvalue weighted by molar-refractivity contribution is 0.0625. The van der Waals surface area contributed by atoms with Gasteiger partial charge in [-0.05, 0) is 52.7 Å². The van der Waals surface area contributed by atoms with Gasteiger partial charge in [0.1, 0.15) is 11.4 Å². The van der Waals surface area contributed by atoms with E-state index in [-0.39, 0.29) is 16.8 Å². The molecule has 1 amide bonds. The number of carbonyl (C=O) groups is 1. The van der Waals surface area contributed by atoms with Crippen molar-refractivity contribution in [3.8, 4) is 5.75 Å². The summed E-state index contributed by atoms with van der Waals surface area (Å²) in [6.07, 6.45) is 1.64. The Hall–Kier alpha value is -3.95. The molecule has 9 heteroatoms. The van der Waals surface area contributed by atoms with Crippen LogP contribution in [-0.4, -0.2) is 46.6 Å². The predicted octanol–water partition coefficient (Wildman–Crippen LogP) is 4.54. The number of rotatable bonds is 7. The van der Waals surface area contributed by atoms with Gasteiger partial charge in [-0.25, -0.2) is 0 Å². The first kappa shape index (κ1) is 22.8. The predicted molar refractivity (Wildman–Crippen MR) is 137 cm³/mol. The van der Waals surface area contributed by atoms with Crippen molar-refractivity contribution in [1.82, 2.24) is 9.88 Å². The highest BCUT2D eigenvalue weighted by molar-refractivity contribution is 7.99. The molecule has 0 saturated carbocycles.